The molecule has 0 aliphatic heterocycles. The van der Waals surface area contributed by atoms with E-state index in [0.29, 0.717) is 26.2 Å². The zero-order chi connectivity index (χ0) is 15.6. The molecule has 3 heteroatoms. The molecule has 22 heavy (non-hydrogen) atoms. The van der Waals surface area contributed by atoms with E-state index in [9.17, 15) is 5.11 Å². The van der Waals surface area contributed by atoms with Gasteiger partial charge in [0, 0.05) is 6.42 Å². The first-order valence-electron chi connectivity index (χ1n) is 7.75. The number of aliphatic hydroxyl groups excluding tert-OH is 1. The van der Waals surface area contributed by atoms with Crippen molar-refractivity contribution in [1.82, 2.24) is 0 Å². The maximum atomic E-state index is 9.34. The highest BCUT2D eigenvalue weighted by atomic mass is 16.5. The topological polar surface area (TPSA) is 38.7 Å². The van der Waals surface area contributed by atoms with Gasteiger partial charge < -0.3 is 14.6 Å². The molecule has 0 amide bonds. The van der Waals surface area contributed by atoms with Crippen LogP contribution in [0.3, 0.4) is 0 Å². The Morgan fingerprint density at radius 2 is 1.64 bits per heavy atom. The largest absolute Gasteiger partial charge is 0.494 e. The Labute approximate surface area is 132 Å². The quantitative estimate of drug-likeness (QED) is 0.719. The molecule has 0 heterocycles. The lowest BCUT2D eigenvalue weighted by Crippen LogP contribution is -2.05. The van der Waals surface area contributed by atoms with Crippen LogP contribution in [0.15, 0.2) is 54.6 Å². The second kappa shape index (κ2) is 9.23. The summed E-state index contributed by atoms with van der Waals surface area (Å²) in [7, 11) is 0. The van der Waals surface area contributed by atoms with E-state index in [-0.39, 0.29) is 6.10 Å². The van der Waals surface area contributed by atoms with E-state index in [1.165, 1.54) is 5.56 Å². The van der Waals surface area contributed by atoms with Gasteiger partial charge in [-0.15, -0.1) is 0 Å². The second-order valence-corrected chi connectivity index (χ2v) is 5.44. The molecule has 2 rings (SSSR count). The summed E-state index contributed by atoms with van der Waals surface area (Å²) in [4.78, 5) is 0. The number of hydrogen-bond donors (Lipinski definition) is 1. The minimum Gasteiger partial charge on any atom is -0.494 e. The van der Waals surface area contributed by atoms with Gasteiger partial charge in [-0.3, -0.25) is 0 Å². The summed E-state index contributed by atoms with van der Waals surface area (Å²) in [5.74, 6) is 0.859. The molecule has 0 aliphatic carbocycles. The lowest BCUT2D eigenvalue weighted by molar-refractivity contribution is 0.107. The fraction of sp³-hybridized carbons (Fsp3) is 0.368. The summed E-state index contributed by atoms with van der Waals surface area (Å²) < 4.78 is 11.3. The van der Waals surface area contributed by atoms with Crippen LogP contribution in [0.2, 0.25) is 0 Å². The van der Waals surface area contributed by atoms with Crippen molar-refractivity contribution >= 4 is 0 Å². The van der Waals surface area contributed by atoms with Crippen molar-refractivity contribution in [2.45, 2.75) is 32.5 Å². The van der Waals surface area contributed by atoms with E-state index in [2.05, 4.69) is 12.1 Å². The number of hydrogen-bond acceptors (Lipinski definition) is 3. The molecule has 2 aromatic rings. The van der Waals surface area contributed by atoms with Crippen LogP contribution in [0.4, 0.5) is 0 Å². The molecule has 118 valence electrons. The standard InChI is InChI=1S/C19H24O3/c1-16(20)14-17-8-10-19(11-9-17)22-13-5-12-21-15-18-6-3-2-4-7-18/h2-4,6-11,16,20H,5,12-15H2,1H3/t16-/m1/s1. The van der Waals surface area contributed by atoms with E-state index < -0.39 is 0 Å². The molecule has 1 N–H and O–H groups in total. The van der Waals surface area contributed by atoms with Crippen molar-refractivity contribution in [2.24, 2.45) is 0 Å². The number of benzene rings is 2. The van der Waals surface area contributed by atoms with Crippen molar-refractivity contribution in [3.8, 4) is 5.75 Å². The summed E-state index contributed by atoms with van der Waals surface area (Å²) in [5, 5.41) is 9.34. The molecular weight excluding hydrogens is 276 g/mol. The molecule has 0 saturated carbocycles. The van der Waals surface area contributed by atoms with Gasteiger partial charge in [0.15, 0.2) is 0 Å². The lowest BCUT2D eigenvalue weighted by atomic mass is 10.1. The van der Waals surface area contributed by atoms with Crippen LogP contribution in [0.5, 0.6) is 5.75 Å². The molecule has 0 aliphatic rings. The normalized spacial score (nSPS) is 12.1. The van der Waals surface area contributed by atoms with Crippen LogP contribution in [0.1, 0.15) is 24.5 Å². The maximum Gasteiger partial charge on any atom is 0.119 e. The van der Waals surface area contributed by atoms with E-state index in [1.807, 2.05) is 42.5 Å². The molecule has 0 aromatic heterocycles. The third-order valence-electron chi connectivity index (χ3n) is 3.27. The molecule has 0 radical (unpaired) electrons. The SMILES string of the molecule is C[C@@H](O)Cc1ccc(OCCCOCc2ccccc2)cc1. The highest BCUT2D eigenvalue weighted by Crippen LogP contribution is 2.13. The first-order valence-corrected chi connectivity index (χ1v) is 7.75. The number of ether oxygens (including phenoxy) is 2. The zero-order valence-corrected chi connectivity index (χ0v) is 13.1. The second-order valence-electron chi connectivity index (χ2n) is 5.44. The van der Waals surface area contributed by atoms with E-state index in [4.69, 9.17) is 9.47 Å². The monoisotopic (exact) mass is 300 g/mol. The predicted octanol–water partition coefficient (Wildman–Crippen LogP) is 3.60. The van der Waals surface area contributed by atoms with Crippen molar-refractivity contribution in [3.05, 3.63) is 65.7 Å². The van der Waals surface area contributed by atoms with Gasteiger partial charge in [0.05, 0.1) is 25.9 Å². The Balaban J connectivity index is 1.58. The van der Waals surface area contributed by atoms with Gasteiger partial charge >= 0.3 is 0 Å². The van der Waals surface area contributed by atoms with Gasteiger partial charge in [0.2, 0.25) is 0 Å². The van der Waals surface area contributed by atoms with Gasteiger partial charge in [0.1, 0.15) is 5.75 Å². The summed E-state index contributed by atoms with van der Waals surface area (Å²) in [6, 6.07) is 18.0. The van der Waals surface area contributed by atoms with Crippen LogP contribution >= 0.6 is 0 Å². The maximum absolute atomic E-state index is 9.34. The van der Waals surface area contributed by atoms with Crippen molar-refractivity contribution in [1.29, 1.82) is 0 Å². The van der Waals surface area contributed by atoms with Crippen LogP contribution < -0.4 is 4.74 Å². The van der Waals surface area contributed by atoms with Gasteiger partial charge in [0.25, 0.3) is 0 Å². The zero-order valence-electron chi connectivity index (χ0n) is 13.1. The summed E-state index contributed by atoms with van der Waals surface area (Å²) in [6.45, 7) is 3.77. The Hall–Kier alpha value is -1.84. The van der Waals surface area contributed by atoms with Crippen molar-refractivity contribution in [2.75, 3.05) is 13.2 Å². The Morgan fingerprint density at radius 3 is 2.32 bits per heavy atom. The highest BCUT2D eigenvalue weighted by Gasteiger charge is 2.00. The summed E-state index contributed by atoms with van der Waals surface area (Å²) in [6.07, 6.45) is 1.23. The highest BCUT2D eigenvalue weighted by molar-refractivity contribution is 5.27. The molecular formula is C19H24O3. The number of rotatable bonds is 9. The van der Waals surface area contributed by atoms with E-state index >= 15 is 0 Å². The molecule has 0 bridgehead atoms. The van der Waals surface area contributed by atoms with Crippen LogP contribution in [0, 0.1) is 0 Å². The number of aliphatic hydroxyl groups is 1. The molecule has 1 atom stereocenters. The van der Waals surface area contributed by atoms with Gasteiger partial charge in [-0.05, 0) is 36.6 Å². The third kappa shape index (κ3) is 6.29. The van der Waals surface area contributed by atoms with Crippen molar-refractivity contribution < 1.29 is 14.6 Å². The predicted molar refractivity (Wildman–Crippen MR) is 88.0 cm³/mol. The van der Waals surface area contributed by atoms with E-state index in [1.54, 1.807) is 6.92 Å². The van der Waals surface area contributed by atoms with Gasteiger partial charge in [-0.1, -0.05) is 42.5 Å². The molecule has 0 spiro atoms. The summed E-state index contributed by atoms with van der Waals surface area (Å²) in [5.41, 5.74) is 2.31. The van der Waals surface area contributed by atoms with Crippen LogP contribution in [-0.4, -0.2) is 24.4 Å². The lowest BCUT2D eigenvalue weighted by Gasteiger charge is -2.09. The van der Waals surface area contributed by atoms with Gasteiger partial charge in [-0.25, -0.2) is 0 Å². The smallest absolute Gasteiger partial charge is 0.119 e. The Kier molecular flexibility index (Phi) is 6.94. The van der Waals surface area contributed by atoms with Gasteiger partial charge in [-0.2, -0.15) is 0 Å². The minimum absolute atomic E-state index is 0.312. The Bertz CT molecular complexity index is 520. The first-order chi connectivity index (χ1) is 10.7. The fourth-order valence-corrected chi connectivity index (χ4v) is 2.18. The molecule has 0 fully saturated rings. The Morgan fingerprint density at radius 1 is 0.909 bits per heavy atom. The molecule has 0 saturated heterocycles. The summed E-state index contributed by atoms with van der Waals surface area (Å²) >= 11 is 0. The van der Waals surface area contributed by atoms with E-state index in [0.717, 1.165) is 17.7 Å². The molecule has 3 nitrogen and oxygen atoms in total. The first kappa shape index (κ1) is 16.5. The van der Waals surface area contributed by atoms with Crippen LogP contribution in [0.25, 0.3) is 0 Å². The average Bonchev–Trinajstić information content (AvgIpc) is 2.53. The van der Waals surface area contributed by atoms with Crippen LogP contribution in [-0.2, 0) is 17.8 Å². The third-order valence-corrected chi connectivity index (χ3v) is 3.27. The minimum atomic E-state index is -0.312. The fourth-order valence-electron chi connectivity index (χ4n) is 2.18. The average molecular weight is 300 g/mol. The van der Waals surface area contributed by atoms with Crippen molar-refractivity contribution in [3.63, 3.8) is 0 Å². The molecule has 2 aromatic carbocycles. The molecule has 0 unspecified atom stereocenters.